The van der Waals surface area contributed by atoms with Gasteiger partial charge in [-0.15, -0.1) is 0 Å². The van der Waals surface area contributed by atoms with Crippen molar-refractivity contribution in [1.29, 1.82) is 0 Å². The zero-order valence-corrected chi connectivity index (χ0v) is 37.1. The van der Waals surface area contributed by atoms with Gasteiger partial charge in [0.2, 0.25) is 23.6 Å². The van der Waals surface area contributed by atoms with Crippen LogP contribution in [-0.2, 0) is 42.0 Å². The Morgan fingerprint density at radius 2 is 1.70 bits per heavy atom. The van der Waals surface area contributed by atoms with Crippen LogP contribution in [0, 0.1) is 17.8 Å². The maximum atomic E-state index is 14.2. The largest absolute Gasteiger partial charge is 0.493 e. The zero-order valence-electron chi connectivity index (χ0n) is 36.3. The third kappa shape index (κ3) is 9.81. The number of benzene rings is 3. The molecule has 0 aliphatic carbocycles. The lowest BCUT2D eigenvalue weighted by Gasteiger charge is -2.30. The fourth-order valence-corrected chi connectivity index (χ4v) is 9.77. The van der Waals surface area contributed by atoms with Crippen molar-refractivity contribution >= 4 is 56.9 Å². The first-order valence-electron chi connectivity index (χ1n) is 21.4. The number of methoxy groups -OCH3 is 1. The standard InChI is InChI=1S/C47H51N5O11S/c1-5-63-40-25-32(15-17-39(40)62-3)38(27-64(4,60)61)52-46(58)34-23-30(24-36(48-28(2)53)43(34)47(52)59)9-6-7-12-42(55)50-21-19-29(20-22-50)13-14-31-10-8-11-33-35(31)26-51(45(33)57)37-16-18-41(54)49-44(37)56/h8,10-11,15,17,23-25,29,37-38H,5-7,9,12,16,18-22,26-27H2,1-4H3,(H,48,53)(H,49,54,56). The minimum absolute atomic E-state index is 0.0200. The van der Waals surface area contributed by atoms with Gasteiger partial charge in [0.1, 0.15) is 15.9 Å². The highest BCUT2D eigenvalue weighted by Gasteiger charge is 2.44. The molecule has 0 spiro atoms. The number of amides is 7. The number of fused-ring (bicyclic) bond motifs is 2. The van der Waals surface area contributed by atoms with Gasteiger partial charge in [0.15, 0.2) is 11.5 Å². The van der Waals surface area contributed by atoms with E-state index < -0.39 is 51.3 Å². The molecular weight excluding hydrogens is 843 g/mol. The molecule has 3 aromatic carbocycles. The molecular formula is C47H51N5O11S. The van der Waals surface area contributed by atoms with Gasteiger partial charge in [0, 0.05) is 62.7 Å². The van der Waals surface area contributed by atoms with Crippen molar-refractivity contribution < 1.29 is 51.5 Å². The molecule has 64 heavy (non-hydrogen) atoms. The minimum atomic E-state index is -3.73. The average molecular weight is 894 g/mol. The van der Waals surface area contributed by atoms with Crippen LogP contribution in [0.25, 0.3) is 0 Å². The van der Waals surface area contributed by atoms with E-state index >= 15 is 0 Å². The summed E-state index contributed by atoms with van der Waals surface area (Å²) < 4.78 is 36.5. The molecule has 2 N–H and O–H groups in total. The molecule has 4 heterocycles. The molecule has 7 amide bonds. The third-order valence-corrected chi connectivity index (χ3v) is 12.9. The monoisotopic (exact) mass is 893 g/mol. The predicted molar refractivity (Wildman–Crippen MR) is 234 cm³/mol. The molecule has 0 bridgehead atoms. The first-order valence-corrected chi connectivity index (χ1v) is 23.5. The molecule has 2 fully saturated rings. The molecule has 2 saturated heterocycles. The highest BCUT2D eigenvalue weighted by Crippen LogP contribution is 2.40. The quantitative estimate of drug-likeness (QED) is 0.133. The van der Waals surface area contributed by atoms with Crippen LogP contribution in [0.3, 0.4) is 0 Å². The summed E-state index contributed by atoms with van der Waals surface area (Å²) in [5, 5.41) is 5.01. The number of carbonyl (C=O) groups is 7. The molecule has 4 aliphatic rings. The number of nitrogens with one attached hydrogen (secondary N) is 2. The summed E-state index contributed by atoms with van der Waals surface area (Å²) in [4.78, 5) is 95.5. The van der Waals surface area contributed by atoms with Gasteiger partial charge in [-0.1, -0.05) is 24.0 Å². The maximum Gasteiger partial charge on any atom is 0.264 e. The first-order chi connectivity index (χ1) is 30.6. The fourth-order valence-electron chi connectivity index (χ4n) is 8.85. The molecule has 336 valence electrons. The Bertz CT molecular complexity index is 2610. The number of likely N-dealkylation sites (tertiary alicyclic amines) is 1. The van der Waals surface area contributed by atoms with Gasteiger partial charge in [0.25, 0.3) is 17.7 Å². The fraction of sp³-hybridized carbons (Fsp3) is 0.426. The average Bonchev–Trinajstić information content (AvgIpc) is 3.72. The van der Waals surface area contributed by atoms with E-state index in [2.05, 4.69) is 22.5 Å². The van der Waals surface area contributed by atoms with E-state index in [4.69, 9.17) is 9.47 Å². The molecule has 17 heteroatoms. The Balaban J connectivity index is 0.961. The lowest BCUT2D eigenvalue weighted by Crippen LogP contribution is -2.52. The molecule has 0 saturated carbocycles. The minimum Gasteiger partial charge on any atom is -0.493 e. The van der Waals surface area contributed by atoms with Crippen LogP contribution in [0.15, 0.2) is 48.5 Å². The van der Waals surface area contributed by atoms with E-state index in [9.17, 15) is 42.0 Å². The van der Waals surface area contributed by atoms with Gasteiger partial charge < -0.3 is 24.6 Å². The van der Waals surface area contributed by atoms with Crippen molar-refractivity contribution in [2.75, 3.05) is 44.1 Å². The summed E-state index contributed by atoms with van der Waals surface area (Å²) in [6, 6.07) is 11.4. The summed E-state index contributed by atoms with van der Waals surface area (Å²) in [5.41, 5.74) is 3.18. The number of imide groups is 2. The van der Waals surface area contributed by atoms with Crippen molar-refractivity contribution in [1.82, 2.24) is 20.0 Å². The SMILES string of the molecule is CCOc1cc(C(CS(C)(=O)=O)N2C(=O)c3cc(CCCCC(=O)N4CCC(C#Cc5cccc6c5CN(C5CCC(=O)NC5=O)C6=O)CC4)cc(NC(C)=O)c3C2=O)ccc1OC. The Kier molecular flexibility index (Phi) is 13.5. The Morgan fingerprint density at radius 1 is 0.938 bits per heavy atom. The molecule has 16 nitrogen and oxygen atoms in total. The van der Waals surface area contributed by atoms with E-state index in [-0.39, 0.29) is 66.4 Å². The van der Waals surface area contributed by atoms with E-state index in [0.717, 1.165) is 22.3 Å². The number of hydrogen-bond acceptors (Lipinski definition) is 11. The number of anilines is 1. The number of carbonyl (C=O) groups excluding carboxylic acids is 7. The molecule has 4 aliphatic heterocycles. The van der Waals surface area contributed by atoms with Gasteiger partial charge in [0.05, 0.1) is 42.3 Å². The second kappa shape index (κ2) is 19.1. The van der Waals surface area contributed by atoms with Gasteiger partial charge in [-0.3, -0.25) is 43.8 Å². The molecule has 2 unspecified atom stereocenters. The Morgan fingerprint density at radius 3 is 2.39 bits per heavy atom. The number of unbranched alkanes of at least 4 members (excludes halogenated alkanes) is 1. The number of hydrogen-bond donors (Lipinski definition) is 2. The van der Waals surface area contributed by atoms with Crippen LogP contribution in [0.1, 0.15) is 118 Å². The summed E-state index contributed by atoms with van der Waals surface area (Å²) in [5.74, 6) is 3.90. The van der Waals surface area contributed by atoms with Crippen LogP contribution >= 0.6 is 0 Å². The summed E-state index contributed by atoms with van der Waals surface area (Å²) in [6.07, 6.45) is 4.74. The van der Waals surface area contributed by atoms with Gasteiger partial charge in [-0.05, 0) is 98.5 Å². The molecule has 0 aromatic heterocycles. The summed E-state index contributed by atoms with van der Waals surface area (Å²) in [6.45, 7) is 4.70. The lowest BCUT2D eigenvalue weighted by atomic mass is 9.95. The zero-order chi connectivity index (χ0) is 45.9. The Labute approximate surface area is 371 Å². The van der Waals surface area contributed by atoms with E-state index in [1.807, 2.05) is 11.0 Å². The summed E-state index contributed by atoms with van der Waals surface area (Å²) in [7, 11) is -2.27. The van der Waals surface area contributed by atoms with Crippen molar-refractivity contribution in [2.24, 2.45) is 5.92 Å². The van der Waals surface area contributed by atoms with E-state index in [0.29, 0.717) is 79.8 Å². The number of piperidine rings is 2. The predicted octanol–water partition coefficient (Wildman–Crippen LogP) is 4.20. The van der Waals surface area contributed by atoms with Crippen molar-refractivity contribution in [2.45, 2.75) is 83.8 Å². The number of sulfone groups is 1. The number of nitrogens with zero attached hydrogens (tertiary/aromatic N) is 3. The van der Waals surface area contributed by atoms with Crippen molar-refractivity contribution in [3.05, 3.63) is 87.5 Å². The van der Waals surface area contributed by atoms with Gasteiger partial charge >= 0.3 is 0 Å². The lowest BCUT2D eigenvalue weighted by molar-refractivity contribution is -0.137. The summed E-state index contributed by atoms with van der Waals surface area (Å²) >= 11 is 0. The number of aryl methyl sites for hydroxylation is 1. The number of rotatable bonds is 14. The van der Waals surface area contributed by atoms with Crippen molar-refractivity contribution in [3.63, 3.8) is 0 Å². The van der Waals surface area contributed by atoms with Crippen LogP contribution in [0.4, 0.5) is 5.69 Å². The van der Waals surface area contributed by atoms with Crippen LogP contribution in [0.5, 0.6) is 11.5 Å². The highest BCUT2D eigenvalue weighted by molar-refractivity contribution is 7.90. The first kappa shape index (κ1) is 45.5. The van der Waals surface area contributed by atoms with E-state index in [1.165, 1.54) is 18.9 Å². The molecule has 2 atom stereocenters. The maximum absolute atomic E-state index is 14.2. The topological polar surface area (TPSA) is 206 Å². The highest BCUT2D eigenvalue weighted by atomic mass is 32.2. The third-order valence-electron chi connectivity index (χ3n) is 12.0. The number of ether oxygens (including phenoxy) is 2. The van der Waals surface area contributed by atoms with Crippen molar-refractivity contribution in [3.8, 4) is 23.3 Å². The smallest absolute Gasteiger partial charge is 0.264 e. The molecule has 7 rings (SSSR count). The van der Waals surface area contributed by atoms with Gasteiger partial charge in [-0.2, -0.15) is 0 Å². The van der Waals surface area contributed by atoms with Crippen LogP contribution in [0.2, 0.25) is 0 Å². The second-order valence-corrected chi connectivity index (χ2v) is 18.7. The van der Waals surface area contributed by atoms with Gasteiger partial charge in [-0.25, -0.2) is 8.42 Å². The molecule has 0 radical (unpaired) electrons. The molecule has 3 aromatic rings. The van der Waals surface area contributed by atoms with Crippen LogP contribution < -0.4 is 20.1 Å². The van der Waals surface area contributed by atoms with E-state index in [1.54, 1.807) is 49.4 Å². The second-order valence-electron chi connectivity index (χ2n) is 16.5. The normalized spacial score (nSPS) is 18.0. The van der Waals surface area contributed by atoms with Crippen LogP contribution in [-0.4, -0.2) is 109 Å². The Hall–Kier alpha value is -6.54.